The minimum Gasteiger partial charge on any atom is -0.383 e. The maximum absolute atomic E-state index is 13.3. The summed E-state index contributed by atoms with van der Waals surface area (Å²) in [5.41, 5.74) is 7.84. The summed E-state index contributed by atoms with van der Waals surface area (Å²) >= 11 is 5.69. The number of sulfonamides is 1. The number of ketones is 1. The Balaban J connectivity index is 1.43. The van der Waals surface area contributed by atoms with E-state index >= 15 is 0 Å². The van der Waals surface area contributed by atoms with E-state index < -0.39 is 32.6 Å². The van der Waals surface area contributed by atoms with E-state index in [1.54, 1.807) is 22.9 Å². The molecule has 43 heavy (non-hydrogen) atoms. The maximum atomic E-state index is 13.3. The molecule has 1 saturated heterocycles. The first-order valence-corrected chi connectivity index (χ1v) is 15.4. The van der Waals surface area contributed by atoms with Crippen LogP contribution in [0.5, 0.6) is 0 Å². The number of halogens is 4. The van der Waals surface area contributed by atoms with Crippen molar-refractivity contribution in [2.45, 2.75) is 38.4 Å². The number of anilines is 1. The highest BCUT2D eigenvalue weighted by Crippen LogP contribution is 2.35. The molecule has 3 heterocycles. The monoisotopic (exact) mass is 630 g/mol. The van der Waals surface area contributed by atoms with Crippen LogP contribution in [-0.2, 0) is 22.6 Å². The molecule has 2 N–H and O–H groups in total. The van der Waals surface area contributed by atoms with Gasteiger partial charge in [-0.3, -0.25) is 4.79 Å². The summed E-state index contributed by atoms with van der Waals surface area (Å²) < 4.78 is 66.8. The predicted octanol–water partition coefficient (Wildman–Crippen LogP) is 4.81. The lowest BCUT2D eigenvalue weighted by molar-refractivity contribution is -0.137. The van der Waals surface area contributed by atoms with Crippen molar-refractivity contribution < 1.29 is 26.4 Å². The van der Waals surface area contributed by atoms with Crippen LogP contribution in [0.25, 0.3) is 11.0 Å². The molecular weight excluding hydrogens is 605 g/mol. The van der Waals surface area contributed by atoms with Crippen molar-refractivity contribution in [3.05, 3.63) is 81.3 Å². The molecule has 14 heteroatoms. The van der Waals surface area contributed by atoms with Gasteiger partial charge in [0.2, 0.25) is 10.0 Å². The SMILES string of the molecule is Cc1ccc(CC(=O)c2ccc(Cl)c(C(F)(F)F)c2)cc1C#Cc1nn(C2CCN(S(C)(=O)=O)CC2)c2ncnc(N)c12. The van der Waals surface area contributed by atoms with Crippen LogP contribution >= 0.6 is 11.6 Å². The maximum Gasteiger partial charge on any atom is 0.417 e. The first kappa shape index (κ1) is 30.5. The number of Topliss-reactive ketones (excluding diaryl/α,β-unsaturated/α-hetero) is 1. The van der Waals surface area contributed by atoms with Crippen molar-refractivity contribution in [1.29, 1.82) is 0 Å². The lowest BCUT2D eigenvalue weighted by Crippen LogP contribution is -2.38. The Morgan fingerprint density at radius 3 is 2.51 bits per heavy atom. The Bertz CT molecular complexity index is 1910. The van der Waals surface area contributed by atoms with Crippen LogP contribution in [0.4, 0.5) is 19.0 Å². The quantitative estimate of drug-likeness (QED) is 0.248. The Morgan fingerprint density at radius 1 is 1.12 bits per heavy atom. The summed E-state index contributed by atoms with van der Waals surface area (Å²) in [4.78, 5) is 21.3. The van der Waals surface area contributed by atoms with Crippen molar-refractivity contribution >= 4 is 44.3 Å². The fourth-order valence-electron chi connectivity index (χ4n) is 5.00. The van der Waals surface area contributed by atoms with Crippen LogP contribution in [0.2, 0.25) is 5.02 Å². The number of alkyl halides is 3. The van der Waals surface area contributed by atoms with Crippen LogP contribution in [0.3, 0.4) is 0 Å². The fraction of sp³-hybridized carbons (Fsp3) is 0.310. The van der Waals surface area contributed by atoms with Gasteiger partial charge in [0.1, 0.15) is 17.8 Å². The number of hydrogen-bond donors (Lipinski definition) is 1. The Labute approximate surface area is 250 Å². The second-order valence-corrected chi connectivity index (χ2v) is 12.7. The zero-order valence-electron chi connectivity index (χ0n) is 23.1. The highest BCUT2D eigenvalue weighted by molar-refractivity contribution is 7.88. The Kier molecular flexibility index (Phi) is 8.22. The number of rotatable bonds is 5. The third kappa shape index (κ3) is 6.51. The van der Waals surface area contributed by atoms with E-state index in [2.05, 4.69) is 26.9 Å². The van der Waals surface area contributed by atoms with Gasteiger partial charge >= 0.3 is 6.18 Å². The van der Waals surface area contributed by atoms with Gasteiger partial charge in [-0.25, -0.2) is 27.4 Å². The van der Waals surface area contributed by atoms with Crippen LogP contribution in [-0.4, -0.2) is 57.6 Å². The third-order valence-electron chi connectivity index (χ3n) is 7.33. The first-order valence-electron chi connectivity index (χ1n) is 13.2. The van der Waals surface area contributed by atoms with E-state index in [4.69, 9.17) is 17.3 Å². The van der Waals surface area contributed by atoms with E-state index in [9.17, 15) is 26.4 Å². The molecule has 0 bridgehead atoms. The summed E-state index contributed by atoms with van der Waals surface area (Å²) in [6.45, 7) is 2.55. The summed E-state index contributed by atoms with van der Waals surface area (Å²) in [6.07, 6.45) is -1.23. The summed E-state index contributed by atoms with van der Waals surface area (Å²) in [6, 6.07) is 8.19. The van der Waals surface area contributed by atoms with Gasteiger partial charge in [-0.15, -0.1) is 0 Å². The average Bonchev–Trinajstić information content (AvgIpc) is 3.32. The smallest absolute Gasteiger partial charge is 0.383 e. The molecule has 1 aliphatic heterocycles. The first-order chi connectivity index (χ1) is 20.2. The molecule has 0 spiro atoms. The molecule has 0 aliphatic carbocycles. The van der Waals surface area contributed by atoms with Gasteiger partial charge in [0, 0.05) is 30.6 Å². The largest absolute Gasteiger partial charge is 0.417 e. The molecule has 2 aromatic heterocycles. The summed E-state index contributed by atoms with van der Waals surface area (Å²) in [7, 11) is -3.29. The highest BCUT2D eigenvalue weighted by Gasteiger charge is 2.34. The molecule has 0 amide bonds. The number of nitrogens with two attached hydrogens (primary N) is 1. The van der Waals surface area contributed by atoms with Crippen molar-refractivity contribution in [2.24, 2.45) is 0 Å². The minimum atomic E-state index is -4.68. The van der Waals surface area contributed by atoms with Crippen molar-refractivity contribution in [3.63, 3.8) is 0 Å². The van der Waals surface area contributed by atoms with Gasteiger partial charge in [0.15, 0.2) is 11.4 Å². The van der Waals surface area contributed by atoms with Gasteiger partial charge < -0.3 is 5.73 Å². The van der Waals surface area contributed by atoms with Crippen LogP contribution < -0.4 is 5.73 Å². The second-order valence-electron chi connectivity index (χ2n) is 10.3. The van der Waals surface area contributed by atoms with Gasteiger partial charge in [0.25, 0.3) is 0 Å². The summed E-state index contributed by atoms with van der Waals surface area (Å²) in [5, 5.41) is 4.69. The van der Waals surface area contributed by atoms with Gasteiger partial charge in [-0.2, -0.15) is 18.3 Å². The average molecular weight is 631 g/mol. The van der Waals surface area contributed by atoms with Gasteiger partial charge in [-0.05, 0) is 61.1 Å². The Morgan fingerprint density at radius 2 is 1.84 bits per heavy atom. The normalized spacial score (nSPS) is 14.9. The summed E-state index contributed by atoms with van der Waals surface area (Å²) in [5.74, 6) is 5.83. The highest BCUT2D eigenvalue weighted by atomic mass is 35.5. The number of hydrogen-bond acceptors (Lipinski definition) is 7. The molecule has 0 unspecified atom stereocenters. The van der Waals surface area contributed by atoms with Crippen molar-refractivity contribution in [1.82, 2.24) is 24.1 Å². The van der Waals surface area contributed by atoms with Crippen molar-refractivity contribution in [3.8, 4) is 11.8 Å². The lowest BCUT2D eigenvalue weighted by Gasteiger charge is -2.30. The molecule has 2 aromatic carbocycles. The number of carbonyl (C=O) groups excluding carboxylic acids is 1. The predicted molar refractivity (Wildman–Crippen MR) is 156 cm³/mol. The van der Waals surface area contributed by atoms with Crippen LogP contribution in [0, 0.1) is 18.8 Å². The second kappa shape index (κ2) is 11.6. The van der Waals surface area contributed by atoms with E-state index in [1.807, 2.05) is 6.92 Å². The van der Waals surface area contributed by atoms with Gasteiger partial charge in [-0.1, -0.05) is 29.7 Å². The van der Waals surface area contributed by atoms with E-state index in [-0.39, 0.29) is 23.8 Å². The zero-order chi connectivity index (χ0) is 31.1. The topological polar surface area (TPSA) is 124 Å². The number of carbonyl (C=O) groups is 1. The minimum absolute atomic E-state index is 0.0974. The van der Waals surface area contributed by atoms with Crippen LogP contribution in [0.15, 0.2) is 42.7 Å². The third-order valence-corrected chi connectivity index (χ3v) is 8.97. The molecule has 4 aromatic rings. The fourth-order valence-corrected chi connectivity index (χ4v) is 6.10. The molecule has 0 atom stereocenters. The molecule has 1 aliphatic rings. The van der Waals surface area contributed by atoms with Gasteiger partial charge in [0.05, 0.1) is 28.3 Å². The zero-order valence-corrected chi connectivity index (χ0v) is 24.7. The molecular formula is C29H26ClF3N6O3S. The molecule has 1 fully saturated rings. The number of nitrogens with zero attached hydrogens (tertiary/aromatic N) is 5. The number of aryl methyl sites for hydroxylation is 1. The molecule has 5 rings (SSSR count). The molecule has 224 valence electrons. The lowest BCUT2D eigenvalue weighted by atomic mass is 9.98. The van der Waals surface area contributed by atoms with Crippen LogP contribution in [0.1, 0.15) is 57.2 Å². The van der Waals surface area contributed by atoms with Crippen molar-refractivity contribution in [2.75, 3.05) is 25.1 Å². The number of nitrogen functional groups attached to an aromatic ring is 1. The van der Waals surface area contributed by atoms with E-state index in [1.165, 1.54) is 23.0 Å². The number of piperidine rings is 1. The Hall–Kier alpha value is -3.99. The molecule has 0 radical (unpaired) electrons. The molecule has 0 saturated carbocycles. The number of aromatic nitrogens is 4. The number of benzene rings is 2. The number of fused-ring (bicyclic) bond motifs is 1. The standard InChI is InChI=1S/C29H26ClF3N6O3S/c1-17-3-4-18(14-25(40)20-5-7-23(30)22(15-20)29(31,32)33)13-19(17)6-8-24-26-27(34)35-16-36-28(26)39(37-24)21-9-11-38(12-10-21)43(2,41)42/h3-5,7,13,15-16,21H,9-12,14H2,1-2H3,(H2,34,35,36). The molecule has 9 nitrogen and oxygen atoms in total. The van der Waals surface area contributed by atoms with E-state index in [0.29, 0.717) is 53.8 Å². The van der Waals surface area contributed by atoms with E-state index in [0.717, 1.165) is 17.7 Å².